The molecule has 2 aromatic carbocycles. The molecule has 5 nitrogen and oxygen atoms in total. The van der Waals surface area contributed by atoms with Crippen LogP contribution in [-0.2, 0) is 6.42 Å². The van der Waals surface area contributed by atoms with Crippen molar-refractivity contribution in [3.8, 4) is 0 Å². The molecular formula is C23H23N3O2. The highest BCUT2D eigenvalue weighted by atomic mass is 16.2. The number of aromatic nitrogens is 1. The highest BCUT2D eigenvalue weighted by Gasteiger charge is 2.12. The molecule has 0 bridgehead atoms. The summed E-state index contributed by atoms with van der Waals surface area (Å²) >= 11 is 0. The Bertz CT molecular complexity index is 955. The fraction of sp³-hybridized carbons (Fsp3) is 0.174. The molecule has 3 rings (SSSR count). The smallest absolute Gasteiger partial charge is 0.274 e. The van der Waals surface area contributed by atoms with E-state index in [1.165, 1.54) is 17.8 Å². The molecule has 0 saturated heterocycles. The number of hydrogen-bond donors (Lipinski definition) is 2. The van der Waals surface area contributed by atoms with Crippen LogP contribution in [0.15, 0.2) is 72.9 Å². The van der Waals surface area contributed by atoms with E-state index in [0.717, 1.165) is 18.4 Å². The highest BCUT2D eigenvalue weighted by molar-refractivity contribution is 6.04. The van der Waals surface area contributed by atoms with E-state index in [1.54, 1.807) is 6.07 Å². The van der Waals surface area contributed by atoms with Gasteiger partial charge in [-0.25, -0.2) is 0 Å². The van der Waals surface area contributed by atoms with Gasteiger partial charge in [0.25, 0.3) is 11.8 Å². The zero-order chi connectivity index (χ0) is 19.8. The van der Waals surface area contributed by atoms with E-state index in [4.69, 9.17) is 0 Å². The minimum Gasteiger partial charge on any atom is -0.352 e. The van der Waals surface area contributed by atoms with Gasteiger partial charge in [0.2, 0.25) is 0 Å². The van der Waals surface area contributed by atoms with Crippen molar-refractivity contribution in [3.05, 3.63) is 95.3 Å². The summed E-state index contributed by atoms with van der Waals surface area (Å²) in [6.07, 6.45) is 3.23. The van der Waals surface area contributed by atoms with E-state index in [-0.39, 0.29) is 17.5 Å². The zero-order valence-corrected chi connectivity index (χ0v) is 15.8. The van der Waals surface area contributed by atoms with Gasteiger partial charge in [0.1, 0.15) is 5.69 Å². The lowest BCUT2D eigenvalue weighted by atomic mass is 10.1. The summed E-state index contributed by atoms with van der Waals surface area (Å²) in [6, 6.07) is 20.8. The molecule has 1 heterocycles. The molecule has 1 aromatic heterocycles. The molecule has 142 valence electrons. The lowest BCUT2D eigenvalue weighted by molar-refractivity contribution is 0.0953. The first-order chi connectivity index (χ1) is 13.6. The van der Waals surface area contributed by atoms with Crippen LogP contribution in [0.5, 0.6) is 0 Å². The molecule has 0 atom stereocenters. The summed E-state index contributed by atoms with van der Waals surface area (Å²) in [4.78, 5) is 28.9. The standard InChI is InChI=1S/C23H23N3O2/c1-17-7-5-11-20(15-17)26-23(28)21-16-19(12-14-24-21)22(27)25-13-6-10-18-8-3-2-4-9-18/h2-5,7-9,11-12,14-16H,6,10,13H2,1H3,(H,25,27)(H,26,28). The number of hydrogen-bond acceptors (Lipinski definition) is 3. The van der Waals surface area contributed by atoms with Gasteiger partial charge in [-0.15, -0.1) is 0 Å². The van der Waals surface area contributed by atoms with Crippen molar-refractivity contribution < 1.29 is 9.59 Å². The molecule has 5 heteroatoms. The topological polar surface area (TPSA) is 71.1 Å². The monoisotopic (exact) mass is 373 g/mol. The molecule has 28 heavy (non-hydrogen) atoms. The summed E-state index contributed by atoms with van der Waals surface area (Å²) in [5, 5.41) is 5.70. The van der Waals surface area contributed by atoms with Crippen LogP contribution in [0.3, 0.4) is 0 Å². The van der Waals surface area contributed by atoms with Gasteiger partial charge in [-0.2, -0.15) is 0 Å². The van der Waals surface area contributed by atoms with Gasteiger partial charge in [-0.1, -0.05) is 42.5 Å². The predicted molar refractivity (Wildman–Crippen MR) is 110 cm³/mol. The number of amides is 2. The summed E-state index contributed by atoms with van der Waals surface area (Å²) in [5.74, 6) is -0.551. The number of rotatable bonds is 7. The van der Waals surface area contributed by atoms with Gasteiger partial charge in [-0.05, 0) is 55.2 Å². The van der Waals surface area contributed by atoms with Crippen LogP contribution in [0.25, 0.3) is 0 Å². The number of nitrogens with one attached hydrogen (secondary N) is 2. The molecule has 0 saturated carbocycles. The minimum atomic E-state index is -0.343. The Morgan fingerprint density at radius 2 is 1.75 bits per heavy atom. The van der Waals surface area contributed by atoms with Crippen LogP contribution >= 0.6 is 0 Å². The number of aryl methyl sites for hydroxylation is 2. The Balaban J connectivity index is 1.54. The normalized spacial score (nSPS) is 10.3. The second-order valence-corrected chi connectivity index (χ2v) is 6.60. The number of pyridine rings is 1. The molecular weight excluding hydrogens is 350 g/mol. The van der Waals surface area contributed by atoms with Gasteiger partial charge in [0, 0.05) is 24.0 Å². The molecule has 0 unspecified atom stereocenters. The number of carbonyl (C=O) groups is 2. The van der Waals surface area contributed by atoms with Crippen LogP contribution in [-0.4, -0.2) is 23.3 Å². The van der Waals surface area contributed by atoms with Crippen molar-refractivity contribution in [2.24, 2.45) is 0 Å². The average Bonchev–Trinajstić information content (AvgIpc) is 2.72. The maximum atomic E-state index is 12.4. The summed E-state index contributed by atoms with van der Waals surface area (Å²) in [7, 11) is 0. The quantitative estimate of drug-likeness (QED) is 0.615. The second kappa shape index (κ2) is 9.46. The van der Waals surface area contributed by atoms with E-state index in [2.05, 4.69) is 27.8 Å². The first-order valence-corrected chi connectivity index (χ1v) is 9.28. The molecule has 0 spiro atoms. The molecule has 0 radical (unpaired) electrons. The minimum absolute atomic E-state index is 0.207. The van der Waals surface area contributed by atoms with Crippen molar-refractivity contribution >= 4 is 17.5 Å². The summed E-state index contributed by atoms with van der Waals surface area (Å²) < 4.78 is 0. The Kier molecular flexibility index (Phi) is 6.52. The summed E-state index contributed by atoms with van der Waals surface area (Å²) in [6.45, 7) is 2.53. The fourth-order valence-corrected chi connectivity index (χ4v) is 2.86. The third-order valence-electron chi connectivity index (χ3n) is 4.30. The first-order valence-electron chi connectivity index (χ1n) is 9.28. The number of anilines is 1. The van der Waals surface area contributed by atoms with Gasteiger partial charge in [0.15, 0.2) is 0 Å². The number of benzene rings is 2. The van der Waals surface area contributed by atoms with E-state index in [0.29, 0.717) is 17.8 Å². The van der Waals surface area contributed by atoms with Gasteiger partial charge in [0.05, 0.1) is 0 Å². The van der Waals surface area contributed by atoms with Gasteiger partial charge >= 0.3 is 0 Å². The molecule has 0 aliphatic rings. The Morgan fingerprint density at radius 1 is 0.929 bits per heavy atom. The molecule has 0 aliphatic heterocycles. The summed E-state index contributed by atoms with van der Waals surface area (Å²) in [5.41, 5.74) is 3.62. The van der Waals surface area contributed by atoms with Gasteiger partial charge < -0.3 is 10.6 Å². The number of carbonyl (C=O) groups excluding carboxylic acids is 2. The van der Waals surface area contributed by atoms with E-state index in [1.807, 2.05) is 49.4 Å². The fourth-order valence-electron chi connectivity index (χ4n) is 2.86. The largest absolute Gasteiger partial charge is 0.352 e. The third kappa shape index (κ3) is 5.51. The van der Waals surface area contributed by atoms with E-state index >= 15 is 0 Å². The van der Waals surface area contributed by atoms with Crippen molar-refractivity contribution in [2.75, 3.05) is 11.9 Å². The first kappa shape index (κ1) is 19.3. The highest BCUT2D eigenvalue weighted by Crippen LogP contribution is 2.11. The van der Waals surface area contributed by atoms with Crippen molar-refractivity contribution in [2.45, 2.75) is 19.8 Å². The molecule has 3 aromatic rings. The van der Waals surface area contributed by atoms with Gasteiger partial charge in [-0.3, -0.25) is 14.6 Å². The molecule has 0 fully saturated rings. The van der Waals surface area contributed by atoms with E-state index in [9.17, 15) is 9.59 Å². The van der Waals surface area contributed by atoms with Crippen LogP contribution < -0.4 is 10.6 Å². The lowest BCUT2D eigenvalue weighted by Crippen LogP contribution is -2.25. The second-order valence-electron chi connectivity index (χ2n) is 6.60. The zero-order valence-electron chi connectivity index (χ0n) is 15.8. The molecule has 2 N–H and O–H groups in total. The Hall–Kier alpha value is -3.47. The van der Waals surface area contributed by atoms with Crippen LogP contribution in [0, 0.1) is 6.92 Å². The average molecular weight is 373 g/mol. The lowest BCUT2D eigenvalue weighted by Gasteiger charge is -2.08. The Morgan fingerprint density at radius 3 is 2.54 bits per heavy atom. The van der Waals surface area contributed by atoms with Crippen molar-refractivity contribution in [1.82, 2.24) is 10.3 Å². The maximum absolute atomic E-state index is 12.4. The molecule has 0 aliphatic carbocycles. The van der Waals surface area contributed by atoms with Crippen LogP contribution in [0.1, 0.15) is 38.4 Å². The van der Waals surface area contributed by atoms with E-state index < -0.39 is 0 Å². The number of nitrogens with zero attached hydrogens (tertiary/aromatic N) is 1. The van der Waals surface area contributed by atoms with Crippen LogP contribution in [0.4, 0.5) is 5.69 Å². The molecule has 2 amide bonds. The SMILES string of the molecule is Cc1cccc(NC(=O)c2cc(C(=O)NCCCc3ccccc3)ccn2)c1. The predicted octanol–water partition coefficient (Wildman–Crippen LogP) is 4.00. The third-order valence-corrected chi connectivity index (χ3v) is 4.30. The maximum Gasteiger partial charge on any atom is 0.274 e. The van der Waals surface area contributed by atoms with Crippen molar-refractivity contribution in [3.63, 3.8) is 0 Å². The van der Waals surface area contributed by atoms with Crippen molar-refractivity contribution in [1.29, 1.82) is 0 Å². The van der Waals surface area contributed by atoms with Crippen LogP contribution in [0.2, 0.25) is 0 Å². The Labute approximate surface area is 164 Å².